The molecule has 9 nitrogen and oxygen atoms in total. The van der Waals surface area contributed by atoms with Gasteiger partial charge in [-0.1, -0.05) is 36.4 Å². The Morgan fingerprint density at radius 2 is 1.93 bits per heavy atom. The lowest BCUT2D eigenvalue weighted by molar-refractivity contribution is -0.385. The number of carbonyl (C=O) groups is 2. The van der Waals surface area contributed by atoms with E-state index >= 15 is 0 Å². The van der Waals surface area contributed by atoms with Crippen LogP contribution in [-0.4, -0.2) is 30.6 Å². The van der Waals surface area contributed by atoms with Gasteiger partial charge in [0.1, 0.15) is 0 Å². The quantitative estimate of drug-likeness (QED) is 0.439. The molecular formula is C20H19N3O6. The average molecular weight is 397 g/mol. The molecule has 0 radical (unpaired) electrons. The molecule has 0 saturated heterocycles. The minimum absolute atomic E-state index is 0.0731. The highest BCUT2D eigenvalue weighted by atomic mass is 16.6. The Bertz CT molecular complexity index is 987. The molecule has 1 atom stereocenters. The van der Waals surface area contributed by atoms with Crippen molar-refractivity contribution in [3.05, 3.63) is 75.3 Å². The molecule has 0 aromatic heterocycles. The van der Waals surface area contributed by atoms with E-state index in [1.165, 1.54) is 19.2 Å². The van der Waals surface area contributed by atoms with Gasteiger partial charge in [0.15, 0.2) is 5.75 Å². The van der Waals surface area contributed by atoms with Crippen molar-refractivity contribution in [3.8, 4) is 5.75 Å². The number of hydrogen-bond donors (Lipinski definition) is 2. The third-order valence-corrected chi connectivity index (χ3v) is 4.36. The van der Waals surface area contributed by atoms with Crippen molar-refractivity contribution in [1.29, 1.82) is 0 Å². The molecule has 2 aromatic carbocycles. The second-order valence-electron chi connectivity index (χ2n) is 6.10. The molecule has 1 aliphatic heterocycles. The number of rotatable bonds is 6. The Morgan fingerprint density at radius 1 is 1.21 bits per heavy atom. The third-order valence-electron chi connectivity index (χ3n) is 4.36. The molecule has 0 bridgehead atoms. The van der Waals surface area contributed by atoms with Gasteiger partial charge in [0.25, 0.3) is 0 Å². The molecule has 1 unspecified atom stereocenters. The number of amides is 2. The van der Waals surface area contributed by atoms with Crippen LogP contribution in [0.25, 0.3) is 5.70 Å². The zero-order chi connectivity index (χ0) is 21.0. The summed E-state index contributed by atoms with van der Waals surface area (Å²) in [5.41, 5.74) is 1.12. The highest BCUT2D eigenvalue weighted by Gasteiger charge is 2.35. The third kappa shape index (κ3) is 4.03. The first-order valence-electron chi connectivity index (χ1n) is 8.82. The summed E-state index contributed by atoms with van der Waals surface area (Å²) < 4.78 is 10.2. The minimum atomic E-state index is -0.942. The van der Waals surface area contributed by atoms with E-state index in [1.54, 1.807) is 43.3 Å². The first kappa shape index (κ1) is 19.9. The van der Waals surface area contributed by atoms with Crippen LogP contribution in [-0.2, 0) is 9.53 Å². The van der Waals surface area contributed by atoms with Gasteiger partial charge in [-0.3, -0.25) is 10.1 Å². The highest BCUT2D eigenvalue weighted by molar-refractivity contribution is 6.04. The molecule has 3 rings (SSSR count). The maximum absolute atomic E-state index is 12.8. The van der Waals surface area contributed by atoms with Gasteiger partial charge in [-0.05, 0) is 24.1 Å². The molecule has 29 heavy (non-hydrogen) atoms. The molecule has 0 aliphatic carbocycles. The first-order valence-corrected chi connectivity index (χ1v) is 8.82. The number of carbonyl (C=O) groups excluding carboxylic acids is 2. The Balaban J connectivity index is 2.20. The largest absolute Gasteiger partial charge is 0.490 e. The number of nitro groups is 1. The molecule has 0 fully saturated rings. The Morgan fingerprint density at radius 3 is 2.55 bits per heavy atom. The summed E-state index contributed by atoms with van der Waals surface area (Å²) in [6.07, 6.45) is 0. The lowest BCUT2D eigenvalue weighted by Gasteiger charge is -2.29. The van der Waals surface area contributed by atoms with Gasteiger partial charge >= 0.3 is 17.7 Å². The summed E-state index contributed by atoms with van der Waals surface area (Å²) >= 11 is 0. The lowest BCUT2D eigenvalue weighted by atomic mass is 9.92. The number of nitrogens with zero attached hydrogens (tertiary/aromatic N) is 1. The van der Waals surface area contributed by atoms with Gasteiger partial charge in [0.2, 0.25) is 0 Å². The topological polar surface area (TPSA) is 120 Å². The van der Waals surface area contributed by atoms with Crippen LogP contribution in [0, 0.1) is 10.1 Å². The number of hydrogen-bond acceptors (Lipinski definition) is 6. The number of esters is 1. The molecule has 0 spiro atoms. The normalized spacial score (nSPS) is 15.9. The smallest absolute Gasteiger partial charge is 0.338 e. The Kier molecular flexibility index (Phi) is 5.77. The molecule has 9 heteroatoms. The number of urea groups is 1. The summed E-state index contributed by atoms with van der Waals surface area (Å²) in [5, 5.41) is 16.7. The van der Waals surface area contributed by atoms with Crippen LogP contribution >= 0.6 is 0 Å². The van der Waals surface area contributed by atoms with Crippen molar-refractivity contribution in [2.24, 2.45) is 0 Å². The van der Waals surface area contributed by atoms with Gasteiger partial charge in [-0.25, -0.2) is 9.59 Å². The summed E-state index contributed by atoms with van der Waals surface area (Å²) in [7, 11) is 1.33. The summed E-state index contributed by atoms with van der Waals surface area (Å²) in [5.74, 6) is -0.564. The fourth-order valence-electron chi connectivity index (χ4n) is 3.11. The molecule has 2 N–H and O–H groups in total. The van der Waals surface area contributed by atoms with Crippen molar-refractivity contribution in [1.82, 2.24) is 10.6 Å². The van der Waals surface area contributed by atoms with Crippen molar-refractivity contribution < 1.29 is 24.0 Å². The number of ether oxygens (including phenoxy) is 2. The maximum atomic E-state index is 12.8. The van der Waals surface area contributed by atoms with Crippen LogP contribution in [0.4, 0.5) is 10.5 Å². The van der Waals surface area contributed by atoms with Crippen LogP contribution in [0.15, 0.2) is 54.1 Å². The number of nitrogens with one attached hydrogen (secondary N) is 2. The summed E-state index contributed by atoms with van der Waals surface area (Å²) in [4.78, 5) is 35.9. The van der Waals surface area contributed by atoms with E-state index in [4.69, 9.17) is 9.47 Å². The van der Waals surface area contributed by atoms with Gasteiger partial charge in [-0.15, -0.1) is 0 Å². The molecule has 1 heterocycles. The molecule has 1 aliphatic rings. The van der Waals surface area contributed by atoms with Gasteiger partial charge in [0.05, 0.1) is 36.0 Å². The van der Waals surface area contributed by atoms with Crippen molar-refractivity contribution in [2.45, 2.75) is 13.0 Å². The number of methoxy groups -OCH3 is 1. The second-order valence-corrected chi connectivity index (χ2v) is 6.10. The molecule has 2 amide bonds. The van der Waals surface area contributed by atoms with Crippen LogP contribution < -0.4 is 15.4 Å². The molecule has 0 saturated carbocycles. The maximum Gasteiger partial charge on any atom is 0.338 e. The van der Waals surface area contributed by atoms with Gasteiger partial charge in [0, 0.05) is 6.07 Å². The predicted octanol–water partition coefficient (Wildman–Crippen LogP) is 2.93. The van der Waals surface area contributed by atoms with Crippen molar-refractivity contribution in [3.63, 3.8) is 0 Å². The fraction of sp³-hybridized carbons (Fsp3) is 0.200. The summed E-state index contributed by atoms with van der Waals surface area (Å²) in [6.45, 7) is 1.80. The van der Waals surface area contributed by atoms with E-state index in [9.17, 15) is 19.7 Å². The first-order chi connectivity index (χ1) is 14.0. The monoisotopic (exact) mass is 397 g/mol. The van der Waals surface area contributed by atoms with Crippen LogP contribution in [0.5, 0.6) is 5.75 Å². The fourth-order valence-corrected chi connectivity index (χ4v) is 3.11. The minimum Gasteiger partial charge on any atom is -0.490 e. The van der Waals surface area contributed by atoms with Crippen LogP contribution in [0.2, 0.25) is 0 Å². The van der Waals surface area contributed by atoms with Crippen LogP contribution in [0.1, 0.15) is 24.1 Å². The predicted molar refractivity (Wildman–Crippen MR) is 104 cm³/mol. The van der Waals surface area contributed by atoms with E-state index in [1.807, 2.05) is 0 Å². The van der Waals surface area contributed by atoms with E-state index in [0.29, 0.717) is 11.1 Å². The van der Waals surface area contributed by atoms with E-state index in [0.717, 1.165) is 0 Å². The van der Waals surface area contributed by atoms with Crippen molar-refractivity contribution in [2.75, 3.05) is 13.7 Å². The van der Waals surface area contributed by atoms with E-state index < -0.39 is 23.0 Å². The molecular weight excluding hydrogens is 378 g/mol. The Hall–Kier alpha value is -3.88. The van der Waals surface area contributed by atoms with E-state index in [2.05, 4.69) is 10.6 Å². The zero-order valence-electron chi connectivity index (χ0n) is 15.8. The second kappa shape index (κ2) is 8.42. The average Bonchev–Trinajstić information content (AvgIpc) is 2.73. The van der Waals surface area contributed by atoms with Crippen molar-refractivity contribution >= 4 is 23.4 Å². The number of benzene rings is 2. The summed E-state index contributed by atoms with van der Waals surface area (Å²) in [6, 6.07) is 11.6. The Labute approximate surface area is 166 Å². The van der Waals surface area contributed by atoms with Gasteiger partial charge < -0.3 is 20.1 Å². The van der Waals surface area contributed by atoms with Crippen LogP contribution in [0.3, 0.4) is 0 Å². The molecule has 150 valence electrons. The zero-order valence-corrected chi connectivity index (χ0v) is 15.8. The molecule has 2 aromatic rings. The lowest BCUT2D eigenvalue weighted by Crippen LogP contribution is -2.45. The highest BCUT2D eigenvalue weighted by Crippen LogP contribution is 2.36. The standard InChI is InChI=1S/C20H19N3O6/c1-3-29-19(24)16-17(12-7-5-4-6-8-12)21-20(25)22-18(16)13-9-10-15(28-2)14(11-13)23(26)27/h4-11,18H,3H2,1-2H3,(H2,21,22,25). The number of nitro benzene ring substituents is 1. The van der Waals surface area contributed by atoms with E-state index in [-0.39, 0.29) is 29.3 Å². The van der Waals surface area contributed by atoms with Gasteiger partial charge in [-0.2, -0.15) is 0 Å². The SMILES string of the molecule is CCOC(=O)C1=C(c2ccccc2)NC(=O)NC1c1ccc(OC)c([N+](=O)[O-])c1.